The van der Waals surface area contributed by atoms with Crippen molar-refractivity contribution < 1.29 is 14.7 Å². The van der Waals surface area contributed by atoms with Crippen molar-refractivity contribution >= 4 is 17.6 Å². The summed E-state index contributed by atoms with van der Waals surface area (Å²) in [5.74, 6) is -0.701. The highest BCUT2D eigenvalue weighted by Gasteiger charge is 2.45. The molecule has 1 heterocycles. The van der Waals surface area contributed by atoms with E-state index in [-0.39, 0.29) is 12.3 Å². The second-order valence-electron chi connectivity index (χ2n) is 5.48. The minimum absolute atomic E-state index is 0.00886. The fourth-order valence-electron chi connectivity index (χ4n) is 2.57. The largest absolute Gasteiger partial charge is 0.481 e. The molecule has 8 nitrogen and oxygen atoms in total. The van der Waals surface area contributed by atoms with Crippen molar-refractivity contribution in [1.82, 2.24) is 20.6 Å². The quantitative estimate of drug-likeness (QED) is 0.768. The first-order valence-corrected chi connectivity index (χ1v) is 6.96. The monoisotopic (exact) mass is 301 g/mol. The first-order valence-electron chi connectivity index (χ1n) is 6.96. The number of H-pyrrole nitrogens is 1. The predicted molar refractivity (Wildman–Crippen MR) is 76.8 cm³/mol. The molecule has 0 unspecified atom stereocenters. The molecule has 1 saturated carbocycles. The van der Waals surface area contributed by atoms with Gasteiger partial charge in [-0.25, -0.2) is 0 Å². The Hall–Kier alpha value is -2.77. The van der Waals surface area contributed by atoms with E-state index in [0.29, 0.717) is 24.4 Å². The molecule has 1 aromatic heterocycles. The Labute approximate surface area is 125 Å². The summed E-state index contributed by atoms with van der Waals surface area (Å²) in [7, 11) is 0. The van der Waals surface area contributed by atoms with E-state index >= 15 is 0 Å². The van der Waals surface area contributed by atoms with Crippen LogP contribution in [0.25, 0.3) is 11.4 Å². The lowest BCUT2D eigenvalue weighted by molar-refractivity contribution is -0.157. The van der Waals surface area contributed by atoms with Gasteiger partial charge in [-0.2, -0.15) is 5.21 Å². The number of tetrazole rings is 1. The summed E-state index contributed by atoms with van der Waals surface area (Å²) in [6, 6.07) is 6.96. The van der Waals surface area contributed by atoms with Crippen LogP contribution in [0.3, 0.4) is 0 Å². The molecule has 8 heteroatoms. The molecule has 114 valence electrons. The van der Waals surface area contributed by atoms with Crippen molar-refractivity contribution in [3.8, 4) is 11.4 Å². The Balaban J connectivity index is 1.63. The van der Waals surface area contributed by atoms with E-state index in [1.807, 2.05) is 0 Å². The van der Waals surface area contributed by atoms with Gasteiger partial charge in [0.05, 0.1) is 5.41 Å². The van der Waals surface area contributed by atoms with E-state index in [1.165, 1.54) is 0 Å². The lowest BCUT2D eigenvalue weighted by Crippen LogP contribution is -2.41. The van der Waals surface area contributed by atoms with Crippen molar-refractivity contribution in [2.45, 2.75) is 25.7 Å². The normalized spacial score (nSPS) is 15.8. The van der Waals surface area contributed by atoms with Crippen molar-refractivity contribution in [2.75, 3.05) is 5.32 Å². The van der Waals surface area contributed by atoms with E-state index in [1.54, 1.807) is 24.3 Å². The summed E-state index contributed by atoms with van der Waals surface area (Å²) in [5.41, 5.74) is 0.499. The Morgan fingerprint density at radius 3 is 2.50 bits per heavy atom. The first kappa shape index (κ1) is 14.2. The van der Waals surface area contributed by atoms with Gasteiger partial charge in [0.25, 0.3) is 0 Å². The van der Waals surface area contributed by atoms with Crippen molar-refractivity contribution in [3.05, 3.63) is 24.3 Å². The predicted octanol–water partition coefficient (Wildman–Crippen LogP) is 1.45. The molecule has 0 radical (unpaired) electrons. The van der Waals surface area contributed by atoms with Crippen LogP contribution in [-0.4, -0.2) is 37.6 Å². The molecule has 1 fully saturated rings. The third kappa shape index (κ3) is 2.67. The highest BCUT2D eigenvalue weighted by atomic mass is 16.4. The number of amides is 1. The number of carbonyl (C=O) groups is 2. The fraction of sp³-hybridized carbons (Fsp3) is 0.357. The van der Waals surface area contributed by atoms with Crippen LogP contribution < -0.4 is 5.32 Å². The highest BCUT2D eigenvalue weighted by Crippen LogP contribution is 2.44. The van der Waals surface area contributed by atoms with Crippen LogP contribution in [0, 0.1) is 5.41 Å². The maximum Gasteiger partial charge on any atom is 0.310 e. The van der Waals surface area contributed by atoms with Gasteiger partial charge in [-0.1, -0.05) is 6.42 Å². The summed E-state index contributed by atoms with van der Waals surface area (Å²) in [5, 5.41) is 25.5. The molecule has 0 saturated heterocycles. The van der Waals surface area contributed by atoms with Gasteiger partial charge in [-0.3, -0.25) is 9.59 Å². The minimum atomic E-state index is -0.888. The highest BCUT2D eigenvalue weighted by molar-refractivity contribution is 5.94. The molecule has 1 amide bonds. The number of benzene rings is 1. The zero-order chi connectivity index (χ0) is 15.6. The van der Waals surface area contributed by atoms with Gasteiger partial charge in [0.1, 0.15) is 0 Å². The number of carboxylic acid groups (broad SMARTS) is 1. The number of nitrogens with zero attached hydrogens (tertiary/aromatic N) is 3. The summed E-state index contributed by atoms with van der Waals surface area (Å²) < 4.78 is 0. The van der Waals surface area contributed by atoms with Gasteiger partial charge in [0, 0.05) is 17.7 Å². The van der Waals surface area contributed by atoms with Crippen molar-refractivity contribution in [1.29, 1.82) is 0 Å². The van der Waals surface area contributed by atoms with E-state index in [4.69, 9.17) is 0 Å². The Bertz CT molecular complexity index is 677. The standard InChI is InChI=1S/C14H15N5O3/c20-11(8-14(13(21)22)6-1-7-14)15-10-4-2-9(3-5-10)12-16-18-19-17-12/h2-5H,1,6-8H2,(H,15,20)(H,21,22)(H,16,17,18,19). The van der Waals surface area contributed by atoms with Crippen LogP contribution in [0.1, 0.15) is 25.7 Å². The van der Waals surface area contributed by atoms with Gasteiger partial charge in [-0.05, 0) is 42.3 Å². The number of rotatable bonds is 5. The third-order valence-corrected chi connectivity index (χ3v) is 4.04. The molecule has 0 aliphatic heterocycles. The summed E-state index contributed by atoms with van der Waals surface area (Å²) in [6.07, 6.45) is 1.99. The molecule has 1 aliphatic carbocycles. The van der Waals surface area contributed by atoms with Crippen LogP contribution in [0.4, 0.5) is 5.69 Å². The van der Waals surface area contributed by atoms with Gasteiger partial charge >= 0.3 is 5.97 Å². The Morgan fingerprint density at radius 2 is 2.00 bits per heavy atom. The molecule has 22 heavy (non-hydrogen) atoms. The topological polar surface area (TPSA) is 121 Å². The number of hydrogen-bond donors (Lipinski definition) is 3. The number of carbonyl (C=O) groups excluding carboxylic acids is 1. The molecule has 1 aliphatic rings. The Kier molecular flexibility index (Phi) is 3.58. The number of nitrogens with one attached hydrogen (secondary N) is 2. The molecule has 3 rings (SSSR count). The SMILES string of the molecule is O=C(CC1(C(=O)O)CCC1)Nc1ccc(-c2nn[nH]n2)cc1. The molecule has 1 aromatic carbocycles. The second-order valence-corrected chi connectivity index (χ2v) is 5.48. The van der Waals surface area contributed by atoms with Crippen LogP contribution in [0.15, 0.2) is 24.3 Å². The van der Waals surface area contributed by atoms with E-state index in [9.17, 15) is 14.7 Å². The molecule has 2 aromatic rings. The molecule has 0 bridgehead atoms. The average molecular weight is 301 g/mol. The molecule has 0 atom stereocenters. The lowest BCUT2D eigenvalue weighted by atomic mass is 9.66. The van der Waals surface area contributed by atoms with Gasteiger partial charge < -0.3 is 10.4 Å². The van der Waals surface area contributed by atoms with E-state index in [0.717, 1.165) is 12.0 Å². The van der Waals surface area contributed by atoms with E-state index < -0.39 is 11.4 Å². The van der Waals surface area contributed by atoms with Crippen LogP contribution in [-0.2, 0) is 9.59 Å². The zero-order valence-corrected chi connectivity index (χ0v) is 11.7. The maximum absolute atomic E-state index is 12.0. The molecule has 3 N–H and O–H groups in total. The Morgan fingerprint density at radius 1 is 1.27 bits per heavy atom. The number of aromatic amines is 1. The van der Waals surface area contributed by atoms with Gasteiger partial charge in [0.2, 0.25) is 11.7 Å². The summed E-state index contributed by atoms with van der Waals surface area (Å²) >= 11 is 0. The minimum Gasteiger partial charge on any atom is -0.481 e. The number of aliphatic carboxylic acids is 1. The zero-order valence-electron chi connectivity index (χ0n) is 11.7. The van der Waals surface area contributed by atoms with Gasteiger partial charge in [-0.15, -0.1) is 10.2 Å². The maximum atomic E-state index is 12.0. The van der Waals surface area contributed by atoms with Crippen molar-refractivity contribution in [2.24, 2.45) is 5.41 Å². The smallest absolute Gasteiger partial charge is 0.310 e. The molecular weight excluding hydrogens is 286 g/mol. The van der Waals surface area contributed by atoms with Crippen LogP contribution >= 0.6 is 0 Å². The number of aromatic nitrogens is 4. The van der Waals surface area contributed by atoms with E-state index in [2.05, 4.69) is 25.9 Å². The third-order valence-electron chi connectivity index (χ3n) is 4.04. The fourth-order valence-corrected chi connectivity index (χ4v) is 2.57. The van der Waals surface area contributed by atoms with Crippen LogP contribution in [0.5, 0.6) is 0 Å². The summed E-state index contributed by atoms with van der Waals surface area (Å²) in [4.78, 5) is 23.3. The summed E-state index contributed by atoms with van der Waals surface area (Å²) in [6.45, 7) is 0. The lowest BCUT2D eigenvalue weighted by Gasteiger charge is -2.36. The average Bonchev–Trinajstić information content (AvgIpc) is 2.97. The van der Waals surface area contributed by atoms with Crippen LogP contribution in [0.2, 0.25) is 0 Å². The second kappa shape index (κ2) is 5.55. The molecular formula is C14H15N5O3. The van der Waals surface area contributed by atoms with Crippen molar-refractivity contribution in [3.63, 3.8) is 0 Å². The first-order chi connectivity index (χ1) is 10.6. The number of anilines is 1. The number of hydrogen-bond acceptors (Lipinski definition) is 5. The molecule has 0 spiro atoms. The van der Waals surface area contributed by atoms with Gasteiger partial charge in [0.15, 0.2) is 0 Å². The number of carboxylic acids is 1.